The number of anilines is 1. The number of hydrogen-bond donors (Lipinski definition) is 3. The predicted molar refractivity (Wildman–Crippen MR) is 131 cm³/mol. The van der Waals surface area contributed by atoms with E-state index in [-0.39, 0.29) is 36.8 Å². The summed E-state index contributed by atoms with van der Waals surface area (Å²) in [5.74, 6) is -0.00598. The number of aliphatic hydroxyl groups excluding tert-OH is 1. The molecule has 2 aromatic carbocycles. The number of rotatable bonds is 9. The lowest BCUT2D eigenvalue weighted by atomic mass is 9.94. The molecule has 0 bridgehead atoms. The third-order valence-corrected chi connectivity index (χ3v) is 7.77. The topological polar surface area (TPSA) is 92.7 Å². The van der Waals surface area contributed by atoms with Gasteiger partial charge >= 0.3 is 0 Å². The standard InChI is InChI=1S/C26H27F2N3O4S/c1-14(2)19(12-32)30-23(17-10-16(27)4-5-18(17)28)22-11-29-25(36-22)31-24(33)26(7-8-26)15-3-6-20-21(9-15)35-13-34-20/h3-6,9-11,14,19,23,30,32H,7-8,12-13H2,1-2H3,(H,29,31,33)/t19-,23?/m0/s1. The predicted octanol–water partition coefficient (Wildman–Crippen LogP) is 4.52. The summed E-state index contributed by atoms with van der Waals surface area (Å²) in [6, 6.07) is 7.68. The maximum absolute atomic E-state index is 14.8. The van der Waals surface area contributed by atoms with Crippen molar-refractivity contribution in [3.63, 3.8) is 0 Å². The summed E-state index contributed by atoms with van der Waals surface area (Å²) in [4.78, 5) is 18.2. The molecule has 3 aromatic rings. The molecule has 7 nitrogen and oxygen atoms in total. The first kappa shape index (κ1) is 24.6. The van der Waals surface area contributed by atoms with E-state index in [0.29, 0.717) is 34.3 Å². The van der Waals surface area contributed by atoms with Crippen LogP contribution in [-0.4, -0.2) is 35.4 Å². The maximum Gasteiger partial charge on any atom is 0.236 e. The highest BCUT2D eigenvalue weighted by molar-refractivity contribution is 7.15. The lowest BCUT2D eigenvalue weighted by Crippen LogP contribution is -2.40. The Morgan fingerprint density at radius 2 is 1.94 bits per heavy atom. The Morgan fingerprint density at radius 3 is 2.67 bits per heavy atom. The van der Waals surface area contributed by atoms with E-state index in [1.54, 1.807) is 0 Å². The third-order valence-electron chi connectivity index (χ3n) is 6.79. The Bertz CT molecular complexity index is 1280. The first-order valence-electron chi connectivity index (χ1n) is 11.8. The monoisotopic (exact) mass is 515 g/mol. The van der Waals surface area contributed by atoms with Crippen LogP contribution in [0.25, 0.3) is 0 Å². The summed E-state index contributed by atoms with van der Waals surface area (Å²) in [6.07, 6.45) is 2.93. The molecule has 190 valence electrons. The van der Waals surface area contributed by atoms with Crippen LogP contribution in [0.4, 0.5) is 13.9 Å². The number of carbonyl (C=O) groups excluding carboxylic acids is 1. The van der Waals surface area contributed by atoms with E-state index < -0.39 is 23.1 Å². The van der Waals surface area contributed by atoms with Gasteiger partial charge < -0.3 is 25.2 Å². The molecule has 2 heterocycles. The van der Waals surface area contributed by atoms with Crippen LogP contribution in [0.1, 0.15) is 48.7 Å². The van der Waals surface area contributed by atoms with E-state index in [4.69, 9.17) is 9.47 Å². The fourth-order valence-electron chi connectivity index (χ4n) is 4.39. The molecule has 2 aliphatic rings. The Hall–Kier alpha value is -3.08. The fraction of sp³-hybridized carbons (Fsp3) is 0.385. The van der Waals surface area contributed by atoms with Gasteiger partial charge in [0.05, 0.1) is 18.1 Å². The van der Waals surface area contributed by atoms with Gasteiger partial charge in [0.1, 0.15) is 11.6 Å². The molecule has 0 radical (unpaired) electrons. The molecule has 1 unspecified atom stereocenters. The van der Waals surface area contributed by atoms with Crippen LogP contribution < -0.4 is 20.1 Å². The number of nitrogens with zero attached hydrogens (tertiary/aromatic N) is 1. The molecule has 10 heteroatoms. The number of thiazole rings is 1. The average molecular weight is 516 g/mol. The summed E-state index contributed by atoms with van der Waals surface area (Å²) >= 11 is 1.18. The molecule has 2 atom stereocenters. The van der Waals surface area contributed by atoms with Crippen molar-refractivity contribution in [1.82, 2.24) is 10.3 Å². The highest BCUT2D eigenvalue weighted by Gasteiger charge is 2.52. The van der Waals surface area contributed by atoms with Crippen molar-refractivity contribution in [3.8, 4) is 11.5 Å². The number of aromatic nitrogens is 1. The second kappa shape index (κ2) is 9.76. The molecule has 1 fully saturated rings. The minimum Gasteiger partial charge on any atom is -0.454 e. The number of halogens is 2. The third kappa shape index (κ3) is 4.68. The molecule has 5 rings (SSSR count). The van der Waals surface area contributed by atoms with Gasteiger partial charge in [-0.1, -0.05) is 31.3 Å². The average Bonchev–Trinajstić information content (AvgIpc) is 3.32. The number of benzene rings is 2. The number of ether oxygens (including phenoxy) is 2. The molecular weight excluding hydrogens is 488 g/mol. The van der Waals surface area contributed by atoms with E-state index in [0.717, 1.165) is 23.8 Å². The summed E-state index contributed by atoms with van der Waals surface area (Å²) in [6.45, 7) is 3.84. The lowest BCUT2D eigenvalue weighted by Gasteiger charge is -2.27. The van der Waals surface area contributed by atoms with Gasteiger partial charge in [0.2, 0.25) is 12.7 Å². The van der Waals surface area contributed by atoms with Crippen LogP contribution in [-0.2, 0) is 10.2 Å². The zero-order valence-electron chi connectivity index (χ0n) is 19.9. The number of amides is 1. The van der Waals surface area contributed by atoms with Gasteiger partial charge in [0.25, 0.3) is 0 Å². The van der Waals surface area contributed by atoms with Crippen molar-refractivity contribution in [3.05, 3.63) is 70.2 Å². The second-order valence-corrected chi connectivity index (χ2v) is 10.5. The number of hydrogen-bond acceptors (Lipinski definition) is 7. The molecular formula is C26H27F2N3O4S. The SMILES string of the molecule is CC(C)[C@H](CO)NC(c1cnc(NC(=O)C2(c3ccc4c(c3)OCO4)CC2)s1)c1cc(F)ccc1F. The van der Waals surface area contributed by atoms with Crippen LogP contribution in [0.15, 0.2) is 42.6 Å². The number of nitrogens with one attached hydrogen (secondary N) is 2. The largest absolute Gasteiger partial charge is 0.454 e. The van der Waals surface area contributed by atoms with E-state index in [1.165, 1.54) is 17.5 Å². The van der Waals surface area contributed by atoms with Crippen LogP contribution in [0.2, 0.25) is 0 Å². The van der Waals surface area contributed by atoms with Crippen molar-refractivity contribution < 1.29 is 28.2 Å². The van der Waals surface area contributed by atoms with Crippen LogP contribution >= 0.6 is 11.3 Å². The van der Waals surface area contributed by atoms with Crippen molar-refractivity contribution in [2.24, 2.45) is 5.92 Å². The lowest BCUT2D eigenvalue weighted by molar-refractivity contribution is -0.118. The summed E-state index contributed by atoms with van der Waals surface area (Å²) in [5.41, 5.74) is 0.290. The number of aliphatic hydroxyl groups is 1. The minimum absolute atomic E-state index is 0.0395. The number of carbonyl (C=O) groups is 1. The van der Waals surface area contributed by atoms with Gasteiger partial charge in [-0.25, -0.2) is 13.8 Å². The van der Waals surface area contributed by atoms with Gasteiger partial charge in [-0.3, -0.25) is 4.79 Å². The second-order valence-electron chi connectivity index (χ2n) is 9.47. The molecule has 0 spiro atoms. The van der Waals surface area contributed by atoms with E-state index >= 15 is 0 Å². The Labute approximate surface area is 211 Å². The highest BCUT2D eigenvalue weighted by Crippen LogP contribution is 2.51. The van der Waals surface area contributed by atoms with Gasteiger partial charge in [0, 0.05) is 22.7 Å². The van der Waals surface area contributed by atoms with Crippen LogP contribution in [0.3, 0.4) is 0 Å². The van der Waals surface area contributed by atoms with Crippen molar-refractivity contribution in [2.75, 3.05) is 18.7 Å². The van der Waals surface area contributed by atoms with E-state index in [2.05, 4.69) is 15.6 Å². The van der Waals surface area contributed by atoms with Crippen LogP contribution in [0.5, 0.6) is 11.5 Å². The fourth-order valence-corrected chi connectivity index (χ4v) is 5.28. The zero-order valence-corrected chi connectivity index (χ0v) is 20.7. The molecule has 1 aliphatic carbocycles. The molecule has 1 amide bonds. The normalized spacial score (nSPS) is 17.2. The molecule has 36 heavy (non-hydrogen) atoms. The van der Waals surface area contributed by atoms with E-state index in [1.807, 2.05) is 32.0 Å². The molecule has 1 saturated carbocycles. The van der Waals surface area contributed by atoms with Crippen molar-refractivity contribution in [2.45, 2.75) is 44.2 Å². The Morgan fingerprint density at radius 1 is 1.17 bits per heavy atom. The first-order valence-corrected chi connectivity index (χ1v) is 12.6. The molecule has 1 aliphatic heterocycles. The van der Waals surface area contributed by atoms with E-state index in [9.17, 15) is 18.7 Å². The zero-order chi connectivity index (χ0) is 25.4. The summed E-state index contributed by atoms with van der Waals surface area (Å²) < 4.78 is 39.6. The highest BCUT2D eigenvalue weighted by atomic mass is 32.1. The summed E-state index contributed by atoms with van der Waals surface area (Å²) in [5, 5.41) is 16.3. The number of fused-ring (bicyclic) bond motifs is 1. The van der Waals surface area contributed by atoms with Gasteiger partial charge in [-0.15, -0.1) is 0 Å². The quantitative estimate of drug-likeness (QED) is 0.388. The Kier molecular flexibility index (Phi) is 6.67. The minimum atomic E-state index is -0.757. The van der Waals surface area contributed by atoms with Crippen molar-refractivity contribution >= 4 is 22.4 Å². The van der Waals surface area contributed by atoms with Gasteiger partial charge in [0.15, 0.2) is 16.6 Å². The molecule has 3 N–H and O–H groups in total. The maximum atomic E-state index is 14.8. The van der Waals surface area contributed by atoms with Gasteiger partial charge in [-0.05, 0) is 54.7 Å². The first-order chi connectivity index (χ1) is 17.3. The molecule has 1 aromatic heterocycles. The van der Waals surface area contributed by atoms with Crippen molar-refractivity contribution in [1.29, 1.82) is 0 Å². The van der Waals surface area contributed by atoms with Gasteiger partial charge in [-0.2, -0.15) is 0 Å². The molecule has 0 saturated heterocycles. The summed E-state index contributed by atoms with van der Waals surface area (Å²) in [7, 11) is 0. The van der Waals surface area contributed by atoms with Crippen LogP contribution in [0, 0.1) is 17.6 Å². The Balaban J connectivity index is 1.39. The smallest absolute Gasteiger partial charge is 0.236 e.